The van der Waals surface area contributed by atoms with Crippen LogP contribution in [0.5, 0.6) is 0 Å². The number of fused-ring (bicyclic) bond motifs is 2. The van der Waals surface area contributed by atoms with E-state index in [-0.39, 0.29) is 24.3 Å². The molecule has 0 aliphatic heterocycles. The van der Waals surface area contributed by atoms with Gasteiger partial charge in [-0.1, -0.05) is 45.0 Å². The first-order chi connectivity index (χ1) is 21.4. The SMILES string of the molecule is C=C(c1ccc2c(c1)CCc1cc(C(=O)N(C)C)ccc1C2(CCNCC(=O)NC(C#N)C[C@@H](C)CC)C(=O)NNC)N(C)C. The van der Waals surface area contributed by atoms with Crippen molar-refractivity contribution in [2.75, 3.05) is 48.3 Å². The van der Waals surface area contributed by atoms with Crippen molar-refractivity contribution in [3.05, 3.63) is 76.4 Å². The van der Waals surface area contributed by atoms with Crippen molar-refractivity contribution in [3.8, 4) is 6.07 Å². The van der Waals surface area contributed by atoms with Gasteiger partial charge in [0.25, 0.3) is 5.91 Å². The number of nitrogens with one attached hydrogen (secondary N) is 4. The minimum absolute atomic E-state index is 0.0139. The van der Waals surface area contributed by atoms with E-state index in [9.17, 15) is 19.6 Å². The molecule has 0 bridgehead atoms. The zero-order valence-electron chi connectivity index (χ0n) is 27.8. The number of rotatable bonds is 14. The van der Waals surface area contributed by atoms with Gasteiger partial charge in [0.15, 0.2) is 0 Å². The lowest BCUT2D eigenvalue weighted by atomic mass is 9.69. The van der Waals surface area contributed by atoms with Crippen molar-refractivity contribution in [1.29, 1.82) is 5.26 Å². The molecular weight excluding hydrogens is 566 g/mol. The van der Waals surface area contributed by atoms with E-state index in [0.29, 0.717) is 43.7 Å². The Labute approximate surface area is 268 Å². The Bertz CT molecular complexity index is 1370. The second-order valence-electron chi connectivity index (χ2n) is 12.3. The van der Waals surface area contributed by atoms with Crippen LogP contribution in [0.3, 0.4) is 0 Å². The highest BCUT2D eigenvalue weighted by Crippen LogP contribution is 2.43. The molecule has 2 aromatic rings. The predicted molar refractivity (Wildman–Crippen MR) is 178 cm³/mol. The van der Waals surface area contributed by atoms with Crippen LogP contribution in [0.25, 0.3) is 5.70 Å². The Kier molecular flexibility index (Phi) is 12.3. The minimum Gasteiger partial charge on any atom is -0.378 e. The average Bonchev–Trinajstić information content (AvgIpc) is 3.16. The number of nitrogens with zero attached hydrogens (tertiary/aromatic N) is 3. The quantitative estimate of drug-likeness (QED) is 0.190. The van der Waals surface area contributed by atoms with Crippen molar-refractivity contribution in [2.45, 2.75) is 57.4 Å². The number of amides is 3. The summed E-state index contributed by atoms with van der Waals surface area (Å²) in [7, 11) is 8.99. The van der Waals surface area contributed by atoms with Crippen LogP contribution in [0.15, 0.2) is 43.0 Å². The van der Waals surface area contributed by atoms with Gasteiger partial charge in [0.1, 0.15) is 11.5 Å². The summed E-state index contributed by atoms with van der Waals surface area (Å²) in [6, 6.07) is 13.4. The number of carbonyl (C=O) groups is 3. The lowest BCUT2D eigenvalue weighted by Crippen LogP contribution is -2.51. The molecule has 2 unspecified atom stereocenters. The van der Waals surface area contributed by atoms with E-state index in [4.69, 9.17) is 0 Å². The van der Waals surface area contributed by atoms with Crippen LogP contribution in [0, 0.1) is 17.2 Å². The summed E-state index contributed by atoms with van der Waals surface area (Å²) in [6.45, 7) is 8.72. The fourth-order valence-electron chi connectivity index (χ4n) is 5.96. The van der Waals surface area contributed by atoms with Crippen molar-refractivity contribution in [2.24, 2.45) is 5.92 Å². The van der Waals surface area contributed by atoms with Crippen molar-refractivity contribution in [3.63, 3.8) is 0 Å². The van der Waals surface area contributed by atoms with E-state index < -0.39 is 11.5 Å². The largest absolute Gasteiger partial charge is 0.378 e. The average molecular weight is 616 g/mol. The molecule has 0 fully saturated rings. The normalized spacial score (nSPS) is 16.6. The molecular formula is C35H49N7O3. The number of nitriles is 1. The van der Waals surface area contributed by atoms with Crippen LogP contribution in [0.2, 0.25) is 0 Å². The summed E-state index contributed by atoms with van der Waals surface area (Å²) in [5, 5.41) is 15.6. The van der Waals surface area contributed by atoms with Crippen LogP contribution in [-0.4, -0.2) is 81.9 Å². The minimum atomic E-state index is -1.13. The van der Waals surface area contributed by atoms with Gasteiger partial charge in [-0.15, -0.1) is 0 Å². The maximum absolute atomic E-state index is 14.3. The first-order valence-corrected chi connectivity index (χ1v) is 15.6. The van der Waals surface area contributed by atoms with Crippen molar-refractivity contribution < 1.29 is 14.4 Å². The Hall–Kier alpha value is -4.20. The summed E-state index contributed by atoms with van der Waals surface area (Å²) in [5.41, 5.74) is 10.6. The number of carbonyl (C=O) groups excluding carboxylic acids is 3. The number of aryl methyl sites for hydroxylation is 2. The summed E-state index contributed by atoms with van der Waals surface area (Å²) in [5.74, 6) is -0.276. The van der Waals surface area contributed by atoms with Gasteiger partial charge in [0.2, 0.25) is 11.8 Å². The zero-order valence-corrected chi connectivity index (χ0v) is 27.8. The van der Waals surface area contributed by atoms with Gasteiger partial charge in [0.05, 0.1) is 12.6 Å². The van der Waals surface area contributed by atoms with Crippen LogP contribution < -0.4 is 21.5 Å². The third kappa shape index (κ3) is 8.10. The molecule has 0 spiro atoms. The van der Waals surface area contributed by atoms with Gasteiger partial charge in [0, 0.05) is 46.5 Å². The second kappa shape index (κ2) is 15.7. The molecule has 10 nitrogen and oxygen atoms in total. The number of hydrogen-bond acceptors (Lipinski definition) is 7. The van der Waals surface area contributed by atoms with E-state index >= 15 is 0 Å². The number of hydrogen-bond donors (Lipinski definition) is 4. The zero-order chi connectivity index (χ0) is 33.3. The molecule has 3 amide bonds. The summed E-state index contributed by atoms with van der Waals surface area (Å²) >= 11 is 0. The standard InChI is InChI=1S/C35H49N7O3/c1-9-23(2)18-29(21-36)39-32(43)22-38-17-16-35(34(45)40-37-4)30-14-12-25(24(3)41(5)6)19-26(30)10-11-27-20-28(13-15-31(27)35)33(44)42(7)8/h12-15,19-20,23,29,37-38H,3,9-11,16-18,22H2,1-2,4-8H3,(H,39,43)(H,40,45)/t23-,29?,35?/m0/s1. The van der Waals surface area contributed by atoms with E-state index in [1.54, 1.807) is 32.1 Å². The van der Waals surface area contributed by atoms with E-state index in [0.717, 1.165) is 39.9 Å². The third-order valence-corrected chi connectivity index (χ3v) is 8.73. The van der Waals surface area contributed by atoms with Crippen molar-refractivity contribution >= 4 is 23.4 Å². The number of benzene rings is 2. The molecule has 3 atom stereocenters. The molecule has 10 heteroatoms. The van der Waals surface area contributed by atoms with Gasteiger partial charge in [-0.2, -0.15) is 5.26 Å². The fourth-order valence-corrected chi connectivity index (χ4v) is 5.96. The molecule has 1 aliphatic carbocycles. The van der Waals surface area contributed by atoms with Crippen molar-refractivity contribution in [1.82, 2.24) is 31.3 Å². The molecule has 0 heterocycles. The summed E-state index contributed by atoms with van der Waals surface area (Å²) in [6.07, 6.45) is 3.19. The van der Waals surface area contributed by atoms with Gasteiger partial charge in [-0.25, -0.2) is 5.43 Å². The van der Waals surface area contributed by atoms with Crippen LogP contribution >= 0.6 is 0 Å². The highest BCUT2D eigenvalue weighted by molar-refractivity contribution is 5.96. The summed E-state index contributed by atoms with van der Waals surface area (Å²) < 4.78 is 0. The molecule has 45 heavy (non-hydrogen) atoms. The smallest absolute Gasteiger partial charge is 0.253 e. The topological polar surface area (TPSA) is 130 Å². The number of hydrazine groups is 1. The highest BCUT2D eigenvalue weighted by Gasteiger charge is 2.45. The third-order valence-electron chi connectivity index (χ3n) is 8.73. The Morgan fingerprint density at radius 1 is 1.00 bits per heavy atom. The van der Waals surface area contributed by atoms with Gasteiger partial charge < -0.3 is 20.4 Å². The van der Waals surface area contributed by atoms with Crippen LogP contribution in [0.1, 0.15) is 71.3 Å². The molecule has 242 valence electrons. The molecule has 3 rings (SSSR count). The molecule has 1 aliphatic rings. The molecule has 0 radical (unpaired) electrons. The van der Waals surface area contributed by atoms with Crippen LogP contribution in [0.4, 0.5) is 0 Å². The monoisotopic (exact) mass is 615 g/mol. The molecule has 0 saturated heterocycles. The molecule has 0 aromatic heterocycles. The maximum Gasteiger partial charge on any atom is 0.253 e. The van der Waals surface area contributed by atoms with E-state index in [2.05, 4.69) is 54.0 Å². The Morgan fingerprint density at radius 3 is 2.13 bits per heavy atom. The lowest BCUT2D eigenvalue weighted by Gasteiger charge is -2.35. The van der Waals surface area contributed by atoms with E-state index in [1.165, 1.54) is 0 Å². The highest BCUT2D eigenvalue weighted by atomic mass is 16.2. The first-order valence-electron chi connectivity index (χ1n) is 15.6. The predicted octanol–water partition coefficient (Wildman–Crippen LogP) is 2.98. The van der Waals surface area contributed by atoms with Crippen LogP contribution in [-0.2, 0) is 27.8 Å². The Balaban J connectivity index is 2.04. The Morgan fingerprint density at radius 2 is 1.60 bits per heavy atom. The van der Waals surface area contributed by atoms with Gasteiger partial charge in [-0.3, -0.25) is 19.8 Å². The summed E-state index contributed by atoms with van der Waals surface area (Å²) in [4.78, 5) is 43.5. The maximum atomic E-state index is 14.3. The molecule has 2 aromatic carbocycles. The molecule has 4 N–H and O–H groups in total. The van der Waals surface area contributed by atoms with E-state index in [1.807, 2.05) is 43.3 Å². The first kappa shape index (κ1) is 35.3. The van der Waals surface area contributed by atoms with Gasteiger partial charge in [-0.05, 0) is 84.2 Å². The lowest BCUT2D eigenvalue weighted by molar-refractivity contribution is -0.126. The fraction of sp³-hybridized carbons (Fsp3) is 0.486. The van der Waals surface area contributed by atoms with Gasteiger partial charge >= 0.3 is 0 Å². The second-order valence-corrected chi connectivity index (χ2v) is 12.3. The molecule has 0 saturated carbocycles.